The molecule has 3 aromatic carbocycles. The predicted molar refractivity (Wildman–Crippen MR) is 128 cm³/mol. The third-order valence-corrected chi connectivity index (χ3v) is 5.41. The lowest BCUT2D eigenvalue weighted by molar-refractivity contribution is -0.142. The van der Waals surface area contributed by atoms with Gasteiger partial charge in [-0.15, -0.1) is 0 Å². The third-order valence-electron chi connectivity index (χ3n) is 5.41. The highest BCUT2D eigenvalue weighted by atomic mass is 16.5. The summed E-state index contributed by atoms with van der Waals surface area (Å²) in [4.78, 5) is 27.9. The Morgan fingerprint density at radius 2 is 1.52 bits per heavy atom. The topological polar surface area (TPSA) is 67.9 Å². The van der Waals surface area contributed by atoms with E-state index in [4.69, 9.17) is 9.47 Å². The summed E-state index contributed by atoms with van der Waals surface area (Å²) in [5.74, 6) is 0.508. The van der Waals surface area contributed by atoms with E-state index in [1.54, 1.807) is 31.2 Å². The summed E-state index contributed by atoms with van der Waals surface area (Å²) in [6, 6.07) is 24.1. The summed E-state index contributed by atoms with van der Waals surface area (Å²) in [6.45, 7) is 2.09. The van der Waals surface area contributed by atoms with Crippen molar-refractivity contribution in [3.63, 3.8) is 0 Å². The van der Waals surface area contributed by atoms with Crippen LogP contribution in [0.5, 0.6) is 11.5 Å². The maximum absolute atomic E-state index is 13.4. The maximum Gasteiger partial charge on any atom is 0.261 e. The average molecular weight is 447 g/mol. The van der Waals surface area contributed by atoms with Gasteiger partial charge < -0.3 is 19.7 Å². The van der Waals surface area contributed by atoms with Crippen LogP contribution >= 0.6 is 0 Å². The van der Waals surface area contributed by atoms with Gasteiger partial charge in [-0.25, -0.2) is 0 Å². The van der Waals surface area contributed by atoms with Crippen LogP contribution in [0.4, 0.5) is 0 Å². The summed E-state index contributed by atoms with van der Waals surface area (Å²) in [6.07, 6.45) is 0.396. The zero-order valence-corrected chi connectivity index (χ0v) is 19.3. The Morgan fingerprint density at radius 1 is 0.879 bits per heavy atom. The smallest absolute Gasteiger partial charge is 0.261 e. The minimum Gasteiger partial charge on any atom is -0.493 e. The van der Waals surface area contributed by atoms with Crippen molar-refractivity contribution in [1.82, 2.24) is 10.2 Å². The van der Waals surface area contributed by atoms with E-state index in [1.807, 2.05) is 73.7 Å². The van der Waals surface area contributed by atoms with Crippen molar-refractivity contribution < 1.29 is 19.1 Å². The van der Waals surface area contributed by atoms with E-state index in [2.05, 4.69) is 5.32 Å². The van der Waals surface area contributed by atoms with Crippen LogP contribution in [0, 0.1) is 6.92 Å². The number of ether oxygens (including phenoxy) is 2. The molecule has 172 valence electrons. The van der Waals surface area contributed by atoms with E-state index in [1.165, 1.54) is 0 Å². The number of para-hydroxylation sites is 2. The van der Waals surface area contributed by atoms with E-state index in [-0.39, 0.29) is 18.4 Å². The van der Waals surface area contributed by atoms with E-state index in [0.29, 0.717) is 24.5 Å². The molecular formula is C27H30N2O4. The number of hydrogen-bond acceptors (Lipinski definition) is 4. The Labute approximate surface area is 195 Å². The molecule has 1 N–H and O–H groups in total. The summed E-state index contributed by atoms with van der Waals surface area (Å²) >= 11 is 0. The van der Waals surface area contributed by atoms with Crippen molar-refractivity contribution in [1.29, 1.82) is 0 Å². The highest BCUT2D eigenvalue weighted by molar-refractivity contribution is 5.88. The predicted octanol–water partition coefficient (Wildman–Crippen LogP) is 3.77. The molecule has 0 radical (unpaired) electrons. The molecule has 0 saturated carbocycles. The first-order valence-corrected chi connectivity index (χ1v) is 10.9. The van der Waals surface area contributed by atoms with Crippen LogP contribution in [0.25, 0.3) is 0 Å². The van der Waals surface area contributed by atoms with Gasteiger partial charge in [0.2, 0.25) is 5.91 Å². The molecule has 6 nitrogen and oxygen atoms in total. The van der Waals surface area contributed by atoms with Gasteiger partial charge in [-0.3, -0.25) is 9.59 Å². The van der Waals surface area contributed by atoms with Crippen LogP contribution in [-0.2, 0) is 22.6 Å². The van der Waals surface area contributed by atoms with Crippen molar-refractivity contribution in [2.45, 2.75) is 25.9 Å². The fourth-order valence-electron chi connectivity index (χ4n) is 3.57. The Hall–Kier alpha value is -3.80. The first kappa shape index (κ1) is 23.9. The zero-order valence-electron chi connectivity index (χ0n) is 19.3. The molecule has 3 rings (SSSR count). The molecule has 0 aromatic heterocycles. The van der Waals surface area contributed by atoms with E-state index < -0.39 is 6.04 Å². The number of nitrogens with one attached hydrogen (secondary N) is 1. The van der Waals surface area contributed by atoms with Crippen LogP contribution in [0.2, 0.25) is 0 Å². The van der Waals surface area contributed by atoms with Crippen LogP contribution in [0.3, 0.4) is 0 Å². The molecule has 6 heteroatoms. The number of hydrogen-bond donors (Lipinski definition) is 1. The Bertz CT molecular complexity index is 1050. The van der Waals surface area contributed by atoms with Crippen molar-refractivity contribution >= 4 is 11.8 Å². The van der Waals surface area contributed by atoms with Gasteiger partial charge in [-0.05, 0) is 30.2 Å². The van der Waals surface area contributed by atoms with Crippen molar-refractivity contribution in [2.75, 3.05) is 20.8 Å². The lowest BCUT2D eigenvalue weighted by Gasteiger charge is -2.31. The fraction of sp³-hybridized carbons (Fsp3) is 0.259. The number of amides is 2. The molecule has 0 unspecified atom stereocenters. The summed E-state index contributed by atoms with van der Waals surface area (Å²) in [7, 11) is 3.13. The van der Waals surface area contributed by atoms with Crippen LogP contribution in [0.1, 0.15) is 16.7 Å². The Morgan fingerprint density at radius 3 is 2.15 bits per heavy atom. The SMILES string of the molecule is CNC(=O)[C@H](Cc1ccccc1)N(Cc1ccc(C)cc1)C(=O)COc1ccccc1OC. The van der Waals surface area contributed by atoms with Gasteiger partial charge in [-0.2, -0.15) is 0 Å². The normalized spacial score (nSPS) is 11.4. The molecule has 0 fully saturated rings. The van der Waals surface area contributed by atoms with E-state index in [0.717, 1.165) is 16.7 Å². The number of aryl methyl sites for hydroxylation is 1. The standard InChI is InChI=1S/C27H30N2O4/c1-20-13-15-22(16-14-20)18-29(23(27(31)28-2)17-21-9-5-4-6-10-21)26(30)19-33-25-12-8-7-11-24(25)32-3/h4-16,23H,17-19H2,1-3H3,(H,28,31)/t23-/m0/s1. The van der Waals surface area contributed by atoms with Crippen LogP contribution in [0.15, 0.2) is 78.9 Å². The second-order valence-electron chi connectivity index (χ2n) is 7.77. The Balaban J connectivity index is 1.87. The minimum absolute atomic E-state index is 0.214. The summed E-state index contributed by atoms with van der Waals surface area (Å²) in [5.41, 5.74) is 3.04. The van der Waals surface area contributed by atoms with Gasteiger partial charge in [-0.1, -0.05) is 72.3 Å². The average Bonchev–Trinajstić information content (AvgIpc) is 2.86. The monoisotopic (exact) mass is 446 g/mol. The lowest BCUT2D eigenvalue weighted by atomic mass is 10.0. The second-order valence-corrected chi connectivity index (χ2v) is 7.77. The van der Waals surface area contributed by atoms with Crippen molar-refractivity contribution in [2.24, 2.45) is 0 Å². The largest absolute Gasteiger partial charge is 0.493 e. The number of rotatable bonds is 10. The number of benzene rings is 3. The first-order chi connectivity index (χ1) is 16.0. The van der Waals surface area contributed by atoms with Gasteiger partial charge in [0.05, 0.1) is 7.11 Å². The van der Waals surface area contributed by atoms with E-state index >= 15 is 0 Å². The molecule has 0 aliphatic rings. The lowest BCUT2D eigenvalue weighted by Crippen LogP contribution is -2.51. The molecule has 33 heavy (non-hydrogen) atoms. The zero-order chi connectivity index (χ0) is 23.6. The molecule has 0 saturated heterocycles. The fourth-order valence-corrected chi connectivity index (χ4v) is 3.57. The third kappa shape index (κ3) is 6.59. The van der Waals surface area contributed by atoms with Crippen molar-refractivity contribution in [3.8, 4) is 11.5 Å². The molecule has 2 amide bonds. The first-order valence-electron chi connectivity index (χ1n) is 10.9. The molecule has 3 aromatic rings. The molecule has 1 atom stereocenters. The number of methoxy groups -OCH3 is 1. The molecule has 0 bridgehead atoms. The molecule has 0 spiro atoms. The van der Waals surface area contributed by atoms with Gasteiger partial charge in [0.1, 0.15) is 6.04 Å². The maximum atomic E-state index is 13.4. The molecule has 0 aliphatic heterocycles. The number of likely N-dealkylation sites (N-methyl/N-ethyl adjacent to an activating group) is 1. The second kappa shape index (κ2) is 11.7. The summed E-state index contributed by atoms with van der Waals surface area (Å²) < 4.78 is 11.1. The summed E-state index contributed by atoms with van der Waals surface area (Å²) in [5, 5.41) is 2.71. The van der Waals surface area contributed by atoms with Crippen LogP contribution in [-0.4, -0.2) is 43.5 Å². The van der Waals surface area contributed by atoms with Crippen LogP contribution < -0.4 is 14.8 Å². The van der Waals surface area contributed by atoms with Gasteiger partial charge in [0.15, 0.2) is 18.1 Å². The van der Waals surface area contributed by atoms with Gasteiger partial charge >= 0.3 is 0 Å². The van der Waals surface area contributed by atoms with Crippen molar-refractivity contribution in [3.05, 3.63) is 95.6 Å². The minimum atomic E-state index is -0.688. The number of carbonyl (C=O) groups is 2. The highest BCUT2D eigenvalue weighted by Gasteiger charge is 2.30. The molecule has 0 aliphatic carbocycles. The molecular weight excluding hydrogens is 416 g/mol. The quantitative estimate of drug-likeness (QED) is 0.515. The van der Waals surface area contributed by atoms with Gasteiger partial charge in [0.25, 0.3) is 5.91 Å². The van der Waals surface area contributed by atoms with E-state index in [9.17, 15) is 9.59 Å². The molecule has 0 heterocycles. The number of carbonyl (C=O) groups excluding carboxylic acids is 2. The van der Waals surface area contributed by atoms with Gasteiger partial charge in [0, 0.05) is 20.0 Å². The number of nitrogens with zero attached hydrogens (tertiary/aromatic N) is 1. The highest BCUT2D eigenvalue weighted by Crippen LogP contribution is 2.26. The Kier molecular flexibility index (Phi) is 8.47.